The lowest BCUT2D eigenvalue weighted by atomic mass is 10.1. The molecule has 0 aromatic heterocycles. The highest BCUT2D eigenvalue weighted by molar-refractivity contribution is 5.88. The van der Waals surface area contributed by atoms with Crippen molar-refractivity contribution >= 4 is 5.97 Å². The Kier molecular flexibility index (Phi) is 19.2. The molecule has 0 aliphatic rings. The molecule has 0 atom stereocenters. The number of hydrogen-bond donors (Lipinski definition) is 3. The minimum atomic E-state index is -2.09. The molecule has 0 aliphatic heterocycles. The first-order chi connectivity index (χ1) is 26.1. The molecule has 0 amide bonds. The molecule has 56 heavy (non-hydrogen) atoms. The maximum atomic E-state index is 13.1. The Balaban J connectivity index is 0.000000375. The molecule has 3 N–H and O–H groups in total. The lowest BCUT2D eigenvalue weighted by Gasteiger charge is -2.09. The molecule has 0 saturated carbocycles. The maximum Gasteiger partial charge on any atom is 0.341 e. The Morgan fingerprint density at radius 1 is 0.411 bits per heavy atom. The summed E-state index contributed by atoms with van der Waals surface area (Å²) >= 11 is 0. The predicted molar refractivity (Wildman–Crippen MR) is 156 cm³/mol. The highest BCUT2D eigenvalue weighted by Crippen LogP contribution is 2.26. The van der Waals surface area contributed by atoms with Gasteiger partial charge in [-0.1, -0.05) is 0 Å². The summed E-state index contributed by atoms with van der Waals surface area (Å²) in [4.78, 5) is 10.4. The van der Waals surface area contributed by atoms with E-state index >= 15 is 0 Å². The van der Waals surface area contributed by atoms with Crippen LogP contribution in [0, 0.1) is 93.1 Å². The summed E-state index contributed by atoms with van der Waals surface area (Å²) < 4.78 is 218. The van der Waals surface area contributed by atoms with Crippen LogP contribution in [0.15, 0.2) is 12.1 Å². The Bertz CT molecular complexity index is 1920. The molecule has 0 aliphatic carbocycles. The van der Waals surface area contributed by atoms with Crippen molar-refractivity contribution in [1.29, 1.82) is 0 Å². The van der Waals surface area contributed by atoms with Crippen molar-refractivity contribution in [2.45, 2.75) is 33.0 Å². The second kappa shape index (κ2) is 21.9. The Morgan fingerprint density at radius 3 is 0.875 bits per heavy atom. The topological polar surface area (TPSA) is 105 Å². The number of carboxylic acids is 1. The quantitative estimate of drug-likeness (QED) is 0.116. The lowest BCUT2D eigenvalue weighted by Crippen LogP contribution is -2.13. The van der Waals surface area contributed by atoms with E-state index in [2.05, 4.69) is 14.2 Å². The number of aliphatic hydroxyl groups excluding tert-OH is 2. The number of benzene rings is 4. The minimum Gasteiger partial charge on any atom is -0.477 e. The molecule has 310 valence electrons. The van der Waals surface area contributed by atoms with E-state index in [1.165, 1.54) is 7.11 Å². The van der Waals surface area contributed by atoms with Crippen molar-refractivity contribution in [3.63, 3.8) is 0 Å². The average molecular weight is 837 g/mol. The van der Waals surface area contributed by atoms with Crippen molar-refractivity contribution < 1.29 is 105 Å². The van der Waals surface area contributed by atoms with Crippen LogP contribution in [-0.4, -0.2) is 42.6 Å². The van der Waals surface area contributed by atoms with Gasteiger partial charge in [-0.3, -0.25) is 0 Å². The van der Waals surface area contributed by atoms with E-state index in [0.29, 0.717) is 0 Å². The molecule has 0 saturated heterocycles. The largest absolute Gasteiger partial charge is 0.477 e. The van der Waals surface area contributed by atoms with Gasteiger partial charge in [0.1, 0.15) is 5.56 Å². The highest BCUT2D eigenvalue weighted by atomic mass is 19.2. The van der Waals surface area contributed by atoms with Crippen LogP contribution in [0.1, 0.15) is 38.2 Å². The number of methoxy groups -OCH3 is 3. The minimum absolute atomic E-state index is 0.0871. The molecule has 4 rings (SSSR count). The van der Waals surface area contributed by atoms with Crippen LogP contribution in [0.3, 0.4) is 0 Å². The summed E-state index contributed by atoms with van der Waals surface area (Å²) in [6, 6.07) is 0.244. The van der Waals surface area contributed by atoms with E-state index in [0.717, 1.165) is 14.2 Å². The number of ether oxygens (including phenoxy) is 3. The van der Waals surface area contributed by atoms with Crippen LogP contribution in [0.25, 0.3) is 0 Å². The molecule has 4 aromatic rings. The van der Waals surface area contributed by atoms with Gasteiger partial charge in [0.2, 0.25) is 0 Å². The summed E-state index contributed by atoms with van der Waals surface area (Å²) in [6.07, 6.45) is 0. The predicted octanol–water partition coefficient (Wildman–Crippen LogP) is 8.09. The Hall–Kier alpha value is -4.97. The first kappa shape index (κ1) is 49.0. The summed E-state index contributed by atoms with van der Waals surface area (Å²) in [5.74, 6) is -27.6. The second-order valence-electron chi connectivity index (χ2n) is 10.1. The first-order valence-electron chi connectivity index (χ1n) is 14.3. The number of halogens is 16. The molecular formula is C33H24F16O7. The van der Waals surface area contributed by atoms with Gasteiger partial charge in [-0.15, -0.1) is 0 Å². The van der Waals surface area contributed by atoms with E-state index in [9.17, 15) is 75.0 Å². The van der Waals surface area contributed by atoms with Crippen molar-refractivity contribution in [3.8, 4) is 0 Å². The molecule has 7 nitrogen and oxygen atoms in total. The van der Waals surface area contributed by atoms with Gasteiger partial charge < -0.3 is 29.5 Å². The monoisotopic (exact) mass is 836 g/mol. The van der Waals surface area contributed by atoms with Crippen LogP contribution in [0.2, 0.25) is 0 Å². The van der Waals surface area contributed by atoms with E-state index in [1.54, 1.807) is 0 Å². The van der Waals surface area contributed by atoms with Gasteiger partial charge >= 0.3 is 5.97 Å². The molecule has 0 spiro atoms. The first-order valence-corrected chi connectivity index (χ1v) is 14.3. The van der Waals surface area contributed by atoms with Crippen LogP contribution in [0.4, 0.5) is 70.2 Å². The van der Waals surface area contributed by atoms with Gasteiger partial charge in [0.25, 0.3) is 0 Å². The van der Waals surface area contributed by atoms with E-state index < -0.39 is 165 Å². The highest BCUT2D eigenvalue weighted by Gasteiger charge is 2.29. The van der Waals surface area contributed by atoms with Gasteiger partial charge in [0.05, 0.1) is 60.9 Å². The fourth-order valence-corrected chi connectivity index (χ4v) is 3.92. The number of aliphatic hydroxyl groups is 2. The molecule has 0 fully saturated rings. The zero-order chi connectivity index (χ0) is 43.4. The van der Waals surface area contributed by atoms with Crippen LogP contribution in [0.5, 0.6) is 0 Å². The van der Waals surface area contributed by atoms with Gasteiger partial charge in [-0.05, 0) is 0 Å². The smallest absolute Gasteiger partial charge is 0.341 e. The summed E-state index contributed by atoms with van der Waals surface area (Å²) in [6.45, 7) is -3.99. The van der Waals surface area contributed by atoms with Crippen molar-refractivity contribution in [2.75, 3.05) is 21.3 Å². The number of rotatable bonds is 9. The third kappa shape index (κ3) is 11.3. The number of aromatic carboxylic acids is 1. The van der Waals surface area contributed by atoms with Gasteiger partial charge in [-0.2, -0.15) is 0 Å². The standard InChI is InChI=1S/C9H6F4O3.C9H8F4O2.C8H6F4O.C7H4F4O/c1-16-2-3-5(10)7(12)4(9(14)15)8(13)6(3)11;1-15-3-5-8(12)6(10)4(2-14)7(11)9(5)13;1-13-3-4-7(11)5(9)2-6(10)8(4)12;8-4-1-5(9)7(11)3(2-12)6(4)10/h2H2,1H3,(H,14,15);14H,2-3H2,1H3;2H,3H2,1H3;1,12H,2H2. The molecule has 0 unspecified atom stereocenters. The molecule has 0 radical (unpaired) electrons. The zero-order valence-corrected chi connectivity index (χ0v) is 28.2. The number of carbonyl (C=O) groups is 1. The summed E-state index contributed by atoms with van der Waals surface area (Å²) in [7, 11) is 3.37. The third-order valence-electron chi connectivity index (χ3n) is 6.60. The third-order valence-corrected chi connectivity index (χ3v) is 6.60. The van der Waals surface area contributed by atoms with Crippen LogP contribution >= 0.6 is 0 Å². The summed E-state index contributed by atoms with van der Waals surface area (Å²) in [5, 5.41) is 25.2. The van der Waals surface area contributed by atoms with E-state index in [4.69, 9.17) is 15.3 Å². The van der Waals surface area contributed by atoms with Crippen molar-refractivity contribution in [1.82, 2.24) is 0 Å². The SMILES string of the molecule is COCc1c(F)c(F)c(C(=O)O)c(F)c1F.COCc1c(F)c(F)c(CO)c(F)c1F.COCc1c(F)c(F)cc(F)c1F.OCc1c(F)c(F)cc(F)c1F. The normalized spacial score (nSPS) is 10.6. The fourth-order valence-electron chi connectivity index (χ4n) is 3.92. The van der Waals surface area contributed by atoms with Crippen LogP contribution in [-0.2, 0) is 47.2 Å². The van der Waals surface area contributed by atoms with E-state index in [1.807, 2.05) is 0 Å². The van der Waals surface area contributed by atoms with Gasteiger partial charge in [-0.25, -0.2) is 75.0 Å². The zero-order valence-electron chi connectivity index (χ0n) is 28.2. The Labute approximate surface area is 303 Å². The lowest BCUT2D eigenvalue weighted by molar-refractivity contribution is 0.0682. The molecule has 0 heterocycles. The van der Waals surface area contributed by atoms with Gasteiger partial charge in [0.15, 0.2) is 93.1 Å². The van der Waals surface area contributed by atoms with Gasteiger partial charge in [0, 0.05) is 33.5 Å². The van der Waals surface area contributed by atoms with Crippen molar-refractivity contribution in [2.24, 2.45) is 0 Å². The number of carboxylic acid groups (broad SMARTS) is 1. The average Bonchev–Trinajstić information content (AvgIpc) is 3.15. The molecule has 4 aromatic carbocycles. The van der Waals surface area contributed by atoms with Crippen LogP contribution < -0.4 is 0 Å². The second-order valence-corrected chi connectivity index (χ2v) is 10.1. The van der Waals surface area contributed by atoms with Crippen molar-refractivity contribution in [3.05, 3.63) is 139 Å². The fraction of sp³-hybridized carbons (Fsp3) is 0.242. The van der Waals surface area contributed by atoms with E-state index in [-0.39, 0.29) is 12.1 Å². The maximum absolute atomic E-state index is 13.1. The molecular weight excluding hydrogens is 812 g/mol. The number of hydrogen-bond acceptors (Lipinski definition) is 6. The molecule has 23 heteroatoms. The summed E-state index contributed by atoms with van der Waals surface area (Å²) in [5.41, 5.74) is -6.22. The molecule has 0 bridgehead atoms. The Morgan fingerprint density at radius 2 is 0.625 bits per heavy atom.